The zero-order valence-corrected chi connectivity index (χ0v) is 13.3. The Labute approximate surface area is 140 Å². The molecular formula is C21H16O3. The van der Waals surface area contributed by atoms with Crippen LogP contribution in [0.2, 0.25) is 0 Å². The van der Waals surface area contributed by atoms with Crippen molar-refractivity contribution in [2.75, 3.05) is 7.11 Å². The summed E-state index contributed by atoms with van der Waals surface area (Å²) in [6, 6.07) is 19.6. The SMILES string of the molecule is COc1ccccc1/C=C1/Cc2c(ccc3ccccc23)OC1=O. The first-order valence-corrected chi connectivity index (χ1v) is 7.82. The van der Waals surface area contributed by atoms with Gasteiger partial charge in [-0.25, -0.2) is 4.79 Å². The molecule has 0 atom stereocenters. The summed E-state index contributed by atoms with van der Waals surface area (Å²) in [5, 5.41) is 2.26. The van der Waals surface area contributed by atoms with Crippen molar-refractivity contribution in [2.45, 2.75) is 6.42 Å². The monoisotopic (exact) mass is 316 g/mol. The average molecular weight is 316 g/mol. The minimum atomic E-state index is -0.302. The Morgan fingerprint density at radius 1 is 1.00 bits per heavy atom. The third-order valence-corrected chi connectivity index (χ3v) is 4.30. The van der Waals surface area contributed by atoms with Gasteiger partial charge < -0.3 is 9.47 Å². The number of esters is 1. The fourth-order valence-corrected chi connectivity index (χ4v) is 3.11. The summed E-state index contributed by atoms with van der Waals surface area (Å²) in [5.41, 5.74) is 2.55. The minimum absolute atomic E-state index is 0.302. The van der Waals surface area contributed by atoms with Gasteiger partial charge in [0.25, 0.3) is 0 Å². The van der Waals surface area contributed by atoms with Gasteiger partial charge in [-0.05, 0) is 29.0 Å². The molecule has 3 aromatic rings. The van der Waals surface area contributed by atoms with Crippen LogP contribution in [0.25, 0.3) is 16.8 Å². The molecule has 0 amide bonds. The summed E-state index contributed by atoms with van der Waals surface area (Å²) in [4.78, 5) is 12.4. The molecule has 24 heavy (non-hydrogen) atoms. The molecule has 4 rings (SSSR count). The summed E-state index contributed by atoms with van der Waals surface area (Å²) >= 11 is 0. The first-order chi connectivity index (χ1) is 11.8. The van der Waals surface area contributed by atoms with Crippen LogP contribution in [-0.2, 0) is 11.2 Å². The lowest BCUT2D eigenvalue weighted by molar-refractivity contribution is -0.130. The molecule has 0 saturated heterocycles. The van der Waals surface area contributed by atoms with E-state index in [1.165, 1.54) is 0 Å². The largest absolute Gasteiger partial charge is 0.496 e. The summed E-state index contributed by atoms with van der Waals surface area (Å²) in [6.45, 7) is 0. The van der Waals surface area contributed by atoms with Crippen LogP contribution >= 0.6 is 0 Å². The van der Waals surface area contributed by atoms with Gasteiger partial charge in [-0.1, -0.05) is 48.5 Å². The lowest BCUT2D eigenvalue weighted by Crippen LogP contribution is -2.19. The molecule has 1 aliphatic heterocycles. The molecule has 0 spiro atoms. The Morgan fingerprint density at radius 3 is 2.67 bits per heavy atom. The first-order valence-electron chi connectivity index (χ1n) is 7.82. The number of carbonyl (C=O) groups excluding carboxylic acids is 1. The van der Waals surface area contributed by atoms with Crippen LogP contribution in [0.3, 0.4) is 0 Å². The van der Waals surface area contributed by atoms with Crippen molar-refractivity contribution in [1.82, 2.24) is 0 Å². The number of methoxy groups -OCH3 is 1. The maximum Gasteiger partial charge on any atom is 0.339 e. The van der Waals surface area contributed by atoms with Crippen LogP contribution in [0.15, 0.2) is 66.2 Å². The summed E-state index contributed by atoms with van der Waals surface area (Å²) in [6.07, 6.45) is 2.40. The third-order valence-electron chi connectivity index (χ3n) is 4.30. The van der Waals surface area contributed by atoms with Gasteiger partial charge in [-0.15, -0.1) is 0 Å². The second-order valence-corrected chi connectivity index (χ2v) is 5.74. The second-order valence-electron chi connectivity index (χ2n) is 5.74. The van der Waals surface area contributed by atoms with E-state index in [9.17, 15) is 4.79 Å². The standard InChI is InChI=1S/C21H16O3/c1-23-19-9-5-3-7-15(19)12-16-13-18-17-8-4-2-6-14(17)10-11-20(18)24-21(16)22/h2-12H,13H2,1H3/b16-12-. The number of hydrogen-bond acceptors (Lipinski definition) is 3. The Balaban J connectivity index is 1.82. The Hall–Kier alpha value is -3.07. The van der Waals surface area contributed by atoms with E-state index in [4.69, 9.17) is 9.47 Å². The van der Waals surface area contributed by atoms with Crippen molar-refractivity contribution < 1.29 is 14.3 Å². The highest BCUT2D eigenvalue weighted by Gasteiger charge is 2.24. The van der Waals surface area contributed by atoms with E-state index >= 15 is 0 Å². The van der Waals surface area contributed by atoms with Gasteiger partial charge in [0.1, 0.15) is 11.5 Å². The van der Waals surface area contributed by atoms with Crippen LogP contribution in [0.4, 0.5) is 0 Å². The lowest BCUT2D eigenvalue weighted by Gasteiger charge is -2.20. The maximum atomic E-state index is 12.4. The molecule has 0 unspecified atom stereocenters. The van der Waals surface area contributed by atoms with Crippen LogP contribution in [0.1, 0.15) is 11.1 Å². The topological polar surface area (TPSA) is 35.5 Å². The molecule has 0 bridgehead atoms. The average Bonchev–Trinajstić information content (AvgIpc) is 2.63. The molecule has 0 aromatic heterocycles. The quantitative estimate of drug-likeness (QED) is 0.399. The van der Waals surface area contributed by atoms with Crippen molar-refractivity contribution in [3.63, 3.8) is 0 Å². The van der Waals surface area contributed by atoms with Gasteiger partial charge in [0.15, 0.2) is 0 Å². The van der Waals surface area contributed by atoms with Gasteiger partial charge in [-0.3, -0.25) is 0 Å². The zero-order valence-electron chi connectivity index (χ0n) is 13.3. The Morgan fingerprint density at radius 2 is 1.79 bits per heavy atom. The third kappa shape index (κ3) is 2.44. The molecule has 0 fully saturated rings. The molecular weight excluding hydrogens is 300 g/mol. The van der Waals surface area contributed by atoms with Gasteiger partial charge in [-0.2, -0.15) is 0 Å². The smallest absolute Gasteiger partial charge is 0.339 e. The normalized spacial score (nSPS) is 15.2. The van der Waals surface area contributed by atoms with Crippen LogP contribution in [0, 0.1) is 0 Å². The molecule has 3 aromatic carbocycles. The van der Waals surface area contributed by atoms with Crippen molar-refractivity contribution in [3.05, 3.63) is 77.4 Å². The number of rotatable bonds is 2. The van der Waals surface area contributed by atoms with E-state index in [1.807, 2.05) is 54.6 Å². The zero-order chi connectivity index (χ0) is 16.5. The molecule has 1 aliphatic rings. The van der Waals surface area contributed by atoms with Gasteiger partial charge in [0, 0.05) is 23.1 Å². The summed E-state index contributed by atoms with van der Waals surface area (Å²) in [5.74, 6) is 1.08. The summed E-state index contributed by atoms with van der Waals surface area (Å²) < 4.78 is 10.9. The van der Waals surface area contributed by atoms with Crippen LogP contribution in [-0.4, -0.2) is 13.1 Å². The van der Waals surface area contributed by atoms with Crippen molar-refractivity contribution in [1.29, 1.82) is 0 Å². The molecule has 1 heterocycles. The number of fused-ring (bicyclic) bond motifs is 3. The van der Waals surface area contributed by atoms with E-state index in [2.05, 4.69) is 12.1 Å². The highest BCUT2D eigenvalue weighted by Crippen LogP contribution is 2.35. The van der Waals surface area contributed by atoms with E-state index in [-0.39, 0.29) is 5.97 Å². The first kappa shape index (κ1) is 14.5. The molecule has 3 nitrogen and oxygen atoms in total. The number of para-hydroxylation sites is 1. The Bertz CT molecular complexity index is 970. The predicted octanol–water partition coefficient (Wildman–Crippen LogP) is 4.39. The Kier molecular flexibility index (Phi) is 3.54. The lowest BCUT2D eigenvalue weighted by atomic mass is 9.94. The maximum absolute atomic E-state index is 12.4. The number of benzene rings is 3. The predicted molar refractivity (Wildman–Crippen MR) is 94.3 cm³/mol. The fraction of sp³-hybridized carbons (Fsp3) is 0.0952. The molecule has 0 N–H and O–H groups in total. The van der Waals surface area contributed by atoms with Gasteiger partial charge >= 0.3 is 5.97 Å². The van der Waals surface area contributed by atoms with Gasteiger partial charge in [0.05, 0.1) is 7.11 Å². The highest BCUT2D eigenvalue weighted by molar-refractivity contribution is 6.00. The second kappa shape index (κ2) is 5.85. The number of carbonyl (C=O) groups is 1. The van der Waals surface area contributed by atoms with Crippen molar-refractivity contribution in [3.8, 4) is 11.5 Å². The molecule has 3 heteroatoms. The number of hydrogen-bond donors (Lipinski definition) is 0. The van der Waals surface area contributed by atoms with Crippen LogP contribution < -0.4 is 9.47 Å². The van der Waals surface area contributed by atoms with E-state index < -0.39 is 0 Å². The van der Waals surface area contributed by atoms with E-state index in [0.717, 1.165) is 27.6 Å². The molecule has 0 radical (unpaired) electrons. The minimum Gasteiger partial charge on any atom is -0.496 e. The fourth-order valence-electron chi connectivity index (χ4n) is 3.11. The van der Waals surface area contributed by atoms with Gasteiger partial charge in [0.2, 0.25) is 0 Å². The molecule has 0 aliphatic carbocycles. The van der Waals surface area contributed by atoms with E-state index in [0.29, 0.717) is 17.7 Å². The number of ether oxygens (including phenoxy) is 2. The molecule has 0 saturated carbocycles. The summed E-state index contributed by atoms with van der Waals surface area (Å²) in [7, 11) is 1.62. The highest BCUT2D eigenvalue weighted by atomic mass is 16.5. The molecule has 118 valence electrons. The van der Waals surface area contributed by atoms with Crippen molar-refractivity contribution in [2.24, 2.45) is 0 Å². The van der Waals surface area contributed by atoms with Crippen molar-refractivity contribution >= 4 is 22.8 Å². The van der Waals surface area contributed by atoms with Crippen LogP contribution in [0.5, 0.6) is 11.5 Å². The van der Waals surface area contributed by atoms with E-state index in [1.54, 1.807) is 7.11 Å².